The number of hydrogen-bond donors (Lipinski definition) is 2. The molecule has 0 spiro atoms. The van der Waals surface area contributed by atoms with Gasteiger partial charge in [-0.3, -0.25) is 0 Å². The number of alkyl halides is 3. The van der Waals surface area contributed by atoms with Gasteiger partial charge in [0.25, 0.3) is 0 Å². The van der Waals surface area contributed by atoms with E-state index in [1.54, 1.807) is 18.3 Å². The van der Waals surface area contributed by atoms with Gasteiger partial charge in [-0.05, 0) is 37.1 Å². The van der Waals surface area contributed by atoms with Crippen molar-refractivity contribution in [3.05, 3.63) is 36.0 Å². The highest BCUT2D eigenvalue weighted by atomic mass is 19.4. The van der Waals surface area contributed by atoms with E-state index in [-0.39, 0.29) is 6.04 Å². The second kappa shape index (κ2) is 9.43. The van der Waals surface area contributed by atoms with Crippen LogP contribution in [0.5, 0.6) is 0 Å². The molecule has 3 rings (SSSR count). The van der Waals surface area contributed by atoms with Crippen LogP contribution in [-0.4, -0.2) is 42.2 Å². The first-order valence-electron chi connectivity index (χ1n) is 10.2. The van der Waals surface area contributed by atoms with Crippen molar-refractivity contribution in [3.63, 3.8) is 0 Å². The fourth-order valence-electron chi connectivity index (χ4n) is 3.49. The second-order valence-electron chi connectivity index (χ2n) is 7.30. The smallest absolute Gasteiger partial charge is 0.367 e. The first-order valence-corrected chi connectivity index (χ1v) is 10.2. The summed E-state index contributed by atoms with van der Waals surface area (Å²) < 4.78 is 40.6. The average molecular weight is 407 g/mol. The van der Waals surface area contributed by atoms with Gasteiger partial charge < -0.3 is 15.5 Å². The highest BCUT2D eigenvalue weighted by Gasteiger charge is 2.32. The molecule has 0 amide bonds. The summed E-state index contributed by atoms with van der Waals surface area (Å²) in [7, 11) is 0. The van der Waals surface area contributed by atoms with Gasteiger partial charge in [-0.25, -0.2) is 9.97 Å². The predicted octanol–water partition coefficient (Wildman–Crippen LogP) is 4.56. The number of aromatic nitrogens is 2. The minimum absolute atomic E-state index is 0.286. The lowest BCUT2D eigenvalue weighted by molar-refractivity contribution is -0.137. The third-order valence-corrected chi connectivity index (χ3v) is 5.12. The Morgan fingerprint density at radius 1 is 1.17 bits per heavy atom. The van der Waals surface area contributed by atoms with E-state index in [1.165, 1.54) is 0 Å². The summed E-state index contributed by atoms with van der Waals surface area (Å²) in [6, 6.07) is 6.03. The molecule has 0 radical (unpaired) electrons. The summed E-state index contributed by atoms with van der Waals surface area (Å²) >= 11 is 0. The van der Waals surface area contributed by atoms with E-state index in [9.17, 15) is 13.2 Å². The summed E-state index contributed by atoms with van der Waals surface area (Å²) in [6.07, 6.45) is 0.201. The Labute approximate surface area is 169 Å². The van der Waals surface area contributed by atoms with Crippen molar-refractivity contribution in [1.29, 1.82) is 0 Å². The van der Waals surface area contributed by atoms with Crippen LogP contribution in [0.3, 0.4) is 0 Å². The van der Waals surface area contributed by atoms with Crippen LogP contribution in [0.2, 0.25) is 0 Å². The van der Waals surface area contributed by atoms with E-state index in [2.05, 4.69) is 34.4 Å². The fourth-order valence-corrected chi connectivity index (χ4v) is 3.49. The van der Waals surface area contributed by atoms with Crippen LogP contribution in [0.1, 0.15) is 38.7 Å². The molecule has 1 fully saturated rings. The van der Waals surface area contributed by atoms with Crippen molar-refractivity contribution >= 4 is 11.6 Å². The molecule has 1 aliphatic heterocycles. The van der Waals surface area contributed by atoms with Gasteiger partial charge >= 0.3 is 6.18 Å². The number of nitrogens with zero attached hydrogens (tertiary/aromatic N) is 3. The van der Waals surface area contributed by atoms with E-state index >= 15 is 0 Å². The summed E-state index contributed by atoms with van der Waals surface area (Å²) in [6.45, 7) is 6.95. The van der Waals surface area contributed by atoms with E-state index in [0.717, 1.165) is 44.5 Å². The fraction of sp³-hybridized carbons (Fsp3) is 0.524. The van der Waals surface area contributed by atoms with Crippen LogP contribution in [0.25, 0.3) is 11.3 Å². The van der Waals surface area contributed by atoms with Gasteiger partial charge in [-0.15, -0.1) is 0 Å². The Balaban J connectivity index is 1.95. The third kappa shape index (κ3) is 5.59. The highest BCUT2D eigenvalue weighted by molar-refractivity contribution is 5.66. The molecular weight excluding hydrogens is 379 g/mol. The molecule has 0 aromatic carbocycles. The number of hydrogen-bond acceptors (Lipinski definition) is 5. The van der Waals surface area contributed by atoms with Crippen LogP contribution in [0.15, 0.2) is 30.5 Å². The topological polar surface area (TPSA) is 53.1 Å². The Morgan fingerprint density at radius 3 is 2.59 bits per heavy atom. The monoisotopic (exact) mass is 407 g/mol. The Kier molecular flexibility index (Phi) is 6.95. The molecule has 29 heavy (non-hydrogen) atoms. The molecular formula is C21H28F3N5. The zero-order chi connectivity index (χ0) is 20.9. The Bertz CT molecular complexity index is 803. The molecule has 0 bridgehead atoms. The number of piperazine rings is 1. The Morgan fingerprint density at radius 2 is 1.93 bits per heavy atom. The second-order valence-corrected chi connectivity index (χ2v) is 7.30. The quantitative estimate of drug-likeness (QED) is 0.705. The first kappa shape index (κ1) is 21.4. The van der Waals surface area contributed by atoms with Crippen LogP contribution in [0.4, 0.5) is 24.8 Å². The van der Waals surface area contributed by atoms with Crippen LogP contribution in [-0.2, 0) is 6.18 Å². The van der Waals surface area contributed by atoms with E-state index in [0.29, 0.717) is 36.0 Å². The maximum atomic E-state index is 13.5. The summed E-state index contributed by atoms with van der Waals surface area (Å²) in [5.74, 6) is 1.02. The number of nitrogens with one attached hydrogen (secondary N) is 2. The van der Waals surface area contributed by atoms with Gasteiger partial charge in [-0.1, -0.05) is 20.3 Å². The molecule has 1 unspecified atom stereocenters. The average Bonchev–Trinajstić information content (AvgIpc) is 2.73. The van der Waals surface area contributed by atoms with Gasteiger partial charge in [0, 0.05) is 44.0 Å². The maximum Gasteiger partial charge on any atom is 0.416 e. The van der Waals surface area contributed by atoms with Crippen LogP contribution in [0, 0.1) is 0 Å². The first-order chi connectivity index (χ1) is 13.9. The van der Waals surface area contributed by atoms with Gasteiger partial charge in [-0.2, -0.15) is 13.2 Å². The normalized spacial score (nSPS) is 16.0. The molecule has 0 aliphatic carbocycles. The molecule has 158 valence electrons. The molecule has 1 atom stereocenters. The van der Waals surface area contributed by atoms with Gasteiger partial charge in [0.1, 0.15) is 11.6 Å². The highest BCUT2D eigenvalue weighted by Crippen LogP contribution is 2.34. The van der Waals surface area contributed by atoms with E-state index in [4.69, 9.17) is 0 Å². The molecule has 1 aliphatic rings. The van der Waals surface area contributed by atoms with Crippen molar-refractivity contribution in [2.75, 3.05) is 36.4 Å². The molecule has 2 aromatic rings. The number of halogens is 3. The van der Waals surface area contributed by atoms with Gasteiger partial charge in [0.15, 0.2) is 0 Å². The number of rotatable bonds is 7. The molecule has 5 nitrogen and oxygen atoms in total. The largest absolute Gasteiger partial charge is 0.416 e. The van der Waals surface area contributed by atoms with Crippen LogP contribution < -0.4 is 15.5 Å². The SMILES string of the molecule is CCCC(CC)Nc1cc(-c2cc(C(F)(F)F)cc(N3CCNCC3)n2)ccn1. The maximum absolute atomic E-state index is 13.5. The molecule has 3 heterocycles. The standard InChI is InChI=1S/C21H28F3N5/c1-3-5-17(4-2)27-19-12-15(6-7-26-19)18-13-16(21(22,23)24)14-20(28-18)29-10-8-25-9-11-29/h6-7,12-14,17,25H,3-5,8-11H2,1-2H3,(H,26,27). The molecule has 2 N–H and O–H groups in total. The predicted molar refractivity (Wildman–Crippen MR) is 110 cm³/mol. The third-order valence-electron chi connectivity index (χ3n) is 5.12. The summed E-state index contributed by atoms with van der Waals surface area (Å²) in [4.78, 5) is 10.8. The zero-order valence-electron chi connectivity index (χ0n) is 16.9. The molecule has 1 saturated heterocycles. The summed E-state index contributed by atoms with van der Waals surface area (Å²) in [5.41, 5.74) is 0.249. The minimum Gasteiger partial charge on any atom is -0.367 e. The summed E-state index contributed by atoms with van der Waals surface area (Å²) in [5, 5.41) is 6.59. The molecule has 8 heteroatoms. The van der Waals surface area contributed by atoms with E-state index in [1.807, 2.05) is 4.90 Å². The van der Waals surface area contributed by atoms with Crippen molar-refractivity contribution in [3.8, 4) is 11.3 Å². The van der Waals surface area contributed by atoms with Gasteiger partial charge in [0.05, 0.1) is 11.3 Å². The zero-order valence-corrected chi connectivity index (χ0v) is 16.9. The lowest BCUT2D eigenvalue weighted by Crippen LogP contribution is -2.44. The van der Waals surface area contributed by atoms with Crippen molar-refractivity contribution in [2.24, 2.45) is 0 Å². The molecule has 0 saturated carbocycles. The van der Waals surface area contributed by atoms with Crippen molar-refractivity contribution in [2.45, 2.75) is 45.3 Å². The number of pyridine rings is 2. The van der Waals surface area contributed by atoms with Crippen molar-refractivity contribution < 1.29 is 13.2 Å². The molecule has 2 aromatic heterocycles. The van der Waals surface area contributed by atoms with Gasteiger partial charge in [0.2, 0.25) is 0 Å². The lowest BCUT2D eigenvalue weighted by Gasteiger charge is -2.29. The van der Waals surface area contributed by atoms with Crippen molar-refractivity contribution in [1.82, 2.24) is 15.3 Å². The Hall–Kier alpha value is -2.35. The minimum atomic E-state index is -4.43. The lowest BCUT2D eigenvalue weighted by atomic mass is 10.1. The van der Waals surface area contributed by atoms with Crippen LogP contribution >= 0.6 is 0 Å². The van der Waals surface area contributed by atoms with E-state index < -0.39 is 11.7 Å². The number of anilines is 2.